The Labute approximate surface area is 157 Å². The SMILES string of the molecule is Cc1cccc(CSc2nnc(Cc3cccc4ccccc34)n2N)c1. The minimum absolute atomic E-state index is 0.663. The standard InChI is InChI=1S/C21H20N4S/c1-15-6-4-7-16(12-15)14-26-21-24-23-20(25(21)22)13-18-10-5-9-17-8-2-3-11-19(17)18/h2-12H,13-14,22H2,1H3. The number of nitrogen functional groups attached to an aromatic ring is 1. The summed E-state index contributed by atoms with van der Waals surface area (Å²) < 4.78 is 1.61. The van der Waals surface area contributed by atoms with Gasteiger partial charge in [0, 0.05) is 12.2 Å². The Morgan fingerprint density at radius 2 is 1.77 bits per heavy atom. The van der Waals surface area contributed by atoms with Crippen molar-refractivity contribution in [3.8, 4) is 0 Å². The molecule has 1 heterocycles. The van der Waals surface area contributed by atoms with Gasteiger partial charge < -0.3 is 5.84 Å². The van der Waals surface area contributed by atoms with Crippen LogP contribution in [0.3, 0.4) is 0 Å². The second-order valence-corrected chi connectivity index (χ2v) is 7.30. The number of rotatable bonds is 5. The number of aromatic nitrogens is 3. The van der Waals surface area contributed by atoms with E-state index in [9.17, 15) is 0 Å². The summed E-state index contributed by atoms with van der Waals surface area (Å²) in [5, 5.41) is 11.8. The molecular weight excluding hydrogens is 340 g/mol. The van der Waals surface area contributed by atoms with Crippen LogP contribution < -0.4 is 5.84 Å². The van der Waals surface area contributed by atoms with Crippen LogP contribution in [0.2, 0.25) is 0 Å². The highest BCUT2D eigenvalue weighted by Gasteiger charge is 2.12. The van der Waals surface area contributed by atoms with Gasteiger partial charge in [0.25, 0.3) is 0 Å². The van der Waals surface area contributed by atoms with Crippen molar-refractivity contribution in [1.82, 2.24) is 14.9 Å². The third kappa shape index (κ3) is 3.44. The summed E-state index contributed by atoms with van der Waals surface area (Å²) >= 11 is 1.61. The first-order chi connectivity index (χ1) is 12.7. The van der Waals surface area contributed by atoms with Crippen LogP contribution in [0.5, 0.6) is 0 Å². The van der Waals surface area contributed by atoms with E-state index in [1.165, 1.54) is 27.5 Å². The third-order valence-corrected chi connectivity index (χ3v) is 5.43. The molecule has 4 nitrogen and oxygen atoms in total. The molecule has 2 N–H and O–H groups in total. The van der Waals surface area contributed by atoms with Gasteiger partial charge in [0.15, 0.2) is 5.82 Å². The van der Waals surface area contributed by atoms with Crippen molar-refractivity contribution in [3.05, 3.63) is 89.2 Å². The molecule has 0 saturated heterocycles. The van der Waals surface area contributed by atoms with Gasteiger partial charge in [-0.1, -0.05) is 84.1 Å². The van der Waals surface area contributed by atoms with Crippen LogP contribution in [0, 0.1) is 6.92 Å². The van der Waals surface area contributed by atoms with E-state index in [1.54, 1.807) is 16.4 Å². The minimum Gasteiger partial charge on any atom is -0.336 e. The lowest BCUT2D eigenvalue weighted by Gasteiger charge is -2.07. The molecule has 1 aromatic heterocycles. The highest BCUT2D eigenvalue weighted by atomic mass is 32.2. The summed E-state index contributed by atoms with van der Waals surface area (Å²) in [6, 6.07) is 23.2. The topological polar surface area (TPSA) is 56.7 Å². The molecule has 0 amide bonds. The maximum atomic E-state index is 6.26. The van der Waals surface area contributed by atoms with E-state index >= 15 is 0 Å². The van der Waals surface area contributed by atoms with Crippen LogP contribution in [-0.4, -0.2) is 14.9 Å². The van der Waals surface area contributed by atoms with Crippen molar-refractivity contribution >= 4 is 22.5 Å². The van der Waals surface area contributed by atoms with Gasteiger partial charge in [0.2, 0.25) is 5.16 Å². The number of benzene rings is 3. The monoisotopic (exact) mass is 360 g/mol. The fraction of sp³-hybridized carbons (Fsp3) is 0.143. The predicted molar refractivity (Wildman–Crippen MR) is 108 cm³/mol. The second-order valence-electron chi connectivity index (χ2n) is 6.36. The zero-order chi connectivity index (χ0) is 17.9. The van der Waals surface area contributed by atoms with Crippen molar-refractivity contribution in [2.75, 3.05) is 5.84 Å². The van der Waals surface area contributed by atoms with E-state index in [0.29, 0.717) is 6.42 Å². The first-order valence-corrected chi connectivity index (χ1v) is 9.53. The average Bonchev–Trinajstić information content (AvgIpc) is 3.00. The van der Waals surface area contributed by atoms with E-state index in [2.05, 4.69) is 83.9 Å². The summed E-state index contributed by atoms with van der Waals surface area (Å²) in [7, 11) is 0. The summed E-state index contributed by atoms with van der Waals surface area (Å²) in [4.78, 5) is 0. The number of thioether (sulfide) groups is 1. The van der Waals surface area contributed by atoms with Crippen molar-refractivity contribution < 1.29 is 0 Å². The molecule has 26 heavy (non-hydrogen) atoms. The highest BCUT2D eigenvalue weighted by molar-refractivity contribution is 7.98. The van der Waals surface area contributed by atoms with Gasteiger partial charge in [-0.05, 0) is 28.8 Å². The number of nitrogens with zero attached hydrogens (tertiary/aromatic N) is 3. The van der Waals surface area contributed by atoms with Crippen molar-refractivity contribution in [2.24, 2.45) is 0 Å². The normalized spacial score (nSPS) is 11.1. The summed E-state index contributed by atoms with van der Waals surface area (Å²) in [6.07, 6.45) is 0.663. The Balaban J connectivity index is 1.53. The Bertz CT molecular complexity index is 1050. The molecular formula is C21H20N4S. The lowest BCUT2D eigenvalue weighted by Crippen LogP contribution is -2.14. The minimum atomic E-state index is 0.663. The quantitative estimate of drug-likeness (QED) is 0.425. The fourth-order valence-corrected chi connectivity index (χ4v) is 3.91. The molecule has 3 aromatic carbocycles. The predicted octanol–water partition coefficient (Wildman–Crippen LogP) is 4.34. The molecule has 0 saturated carbocycles. The lowest BCUT2D eigenvalue weighted by atomic mass is 10.0. The van der Waals surface area contributed by atoms with E-state index in [0.717, 1.165) is 16.7 Å². The molecule has 0 radical (unpaired) electrons. The van der Waals surface area contributed by atoms with Gasteiger partial charge >= 0.3 is 0 Å². The maximum absolute atomic E-state index is 6.26. The van der Waals surface area contributed by atoms with Crippen LogP contribution >= 0.6 is 11.8 Å². The molecule has 4 aromatic rings. The number of fused-ring (bicyclic) bond motifs is 1. The Hall–Kier alpha value is -2.79. The van der Waals surface area contributed by atoms with Gasteiger partial charge in [-0.15, -0.1) is 10.2 Å². The molecule has 0 unspecified atom stereocenters. The van der Waals surface area contributed by atoms with Crippen LogP contribution in [0.25, 0.3) is 10.8 Å². The number of hydrogen-bond acceptors (Lipinski definition) is 4. The van der Waals surface area contributed by atoms with Crippen molar-refractivity contribution in [1.29, 1.82) is 0 Å². The summed E-state index contributed by atoms with van der Waals surface area (Å²) in [6.45, 7) is 2.10. The molecule has 0 spiro atoms. The van der Waals surface area contributed by atoms with Gasteiger partial charge in [-0.2, -0.15) is 0 Å². The first-order valence-electron chi connectivity index (χ1n) is 8.55. The molecule has 0 bridgehead atoms. The fourth-order valence-electron chi connectivity index (χ4n) is 3.09. The van der Waals surface area contributed by atoms with Gasteiger partial charge in [0.1, 0.15) is 0 Å². The zero-order valence-corrected chi connectivity index (χ0v) is 15.4. The molecule has 0 atom stereocenters. The largest absolute Gasteiger partial charge is 0.336 e. The van der Waals surface area contributed by atoms with Gasteiger partial charge in [-0.25, -0.2) is 4.68 Å². The Morgan fingerprint density at radius 3 is 2.65 bits per heavy atom. The van der Waals surface area contributed by atoms with E-state index in [1.807, 2.05) is 0 Å². The Kier molecular flexibility index (Phi) is 4.63. The number of aryl methyl sites for hydroxylation is 1. The zero-order valence-electron chi connectivity index (χ0n) is 14.6. The molecule has 0 fully saturated rings. The van der Waals surface area contributed by atoms with E-state index < -0.39 is 0 Å². The average molecular weight is 360 g/mol. The van der Waals surface area contributed by atoms with Crippen LogP contribution in [-0.2, 0) is 12.2 Å². The van der Waals surface area contributed by atoms with Gasteiger partial charge in [0.05, 0.1) is 0 Å². The number of hydrogen-bond donors (Lipinski definition) is 1. The molecule has 130 valence electrons. The molecule has 4 rings (SSSR count). The van der Waals surface area contributed by atoms with Crippen LogP contribution in [0.4, 0.5) is 0 Å². The van der Waals surface area contributed by atoms with E-state index in [-0.39, 0.29) is 0 Å². The maximum Gasteiger partial charge on any atom is 0.210 e. The first kappa shape index (κ1) is 16.7. The lowest BCUT2D eigenvalue weighted by molar-refractivity contribution is 0.806. The molecule has 0 aliphatic carbocycles. The molecule has 0 aliphatic heterocycles. The molecule has 0 aliphatic rings. The van der Waals surface area contributed by atoms with Crippen molar-refractivity contribution in [2.45, 2.75) is 24.3 Å². The van der Waals surface area contributed by atoms with Gasteiger partial charge in [-0.3, -0.25) is 0 Å². The smallest absolute Gasteiger partial charge is 0.210 e. The van der Waals surface area contributed by atoms with Crippen molar-refractivity contribution in [3.63, 3.8) is 0 Å². The van der Waals surface area contributed by atoms with E-state index in [4.69, 9.17) is 5.84 Å². The Morgan fingerprint density at radius 1 is 0.962 bits per heavy atom. The summed E-state index contributed by atoms with van der Waals surface area (Å²) in [5.41, 5.74) is 3.72. The summed E-state index contributed by atoms with van der Waals surface area (Å²) in [5.74, 6) is 7.86. The molecule has 5 heteroatoms. The second kappa shape index (κ2) is 7.22. The third-order valence-electron chi connectivity index (χ3n) is 4.41. The van der Waals surface area contributed by atoms with Crippen LogP contribution in [0.15, 0.2) is 71.9 Å². The highest BCUT2D eigenvalue weighted by Crippen LogP contribution is 2.24. The number of nitrogens with two attached hydrogens (primary N) is 1. The van der Waals surface area contributed by atoms with Crippen LogP contribution in [0.1, 0.15) is 22.5 Å².